The number of halogens is 1. The molecule has 0 N–H and O–H groups in total. The van der Waals surface area contributed by atoms with E-state index in [2.05, 4.69) is 15.3 Å². The first-order valence-electron chi connectivity index (χ1n) is 8.86. The SMILES string of the molecule is Cc1csc(CN2CCCC3(C2)CN(c2ccc(F)cc2)C(=O)CO3)n1. The summed E-state index contributed by atoms with van der Waals surface area (Å²) in [6.45, 7) is 5.18. The average Bonchev–Trinajstić information content (AvgIpc) is 3.03. The molecule has 0 bridgehead atoms. The number of amides is 1. The standard InChI is InChI=1S/C19H22FN3O2S/c1-14-11-26-17(21-14)9-22-8-2-7-19(12-22)13-23(18(24)10-25-19)16-5-3-15(20)4-6-16/h3-6,11H,2,7-10,12-13H2,1H3. The summed E-state index contributed by atoms with van der Waals surface area (Å²) >= 11 is 1.68. The van der Waals surface area contributed by atoms with Gasteiger partial charge in [-0.25, -0.2) is 9.37 Å². The summed E-state index contributed by atoms with van der Waals surface area (Å²) in [6.07, 6.45) is 1.95. The maximum atomic E-state index is 13.2. The first-order chi connectivity index (χ1) is 12.5. The number of anilines is 1. The van der Waals surface area contributed by atoms with Gasteiger partial charge in [0.25, 0.3) is 5.91 Å². The van der Waals surface area contributed by atoms with Crippen molar-refractivity contribution in [1.29, 1.82) is 0 Å². The molecule has 2 aromatic rings. The molecule has 2 aliphatic rings. The fraction of sp³-hybridized carbons (Fsp3) is 0.474. The summed E-state index contributed by atoms with van der Waals surface area (Å²) in [4.78, 5) is 21.0. The molecule has 1 spiro atoms. The monoisotopic (exact) mass is 375 g/mol. The molecule has 1 unspecified atom stereocenters. The molecule has 7 heteroatoms. The Morgan fingerprint density at radius 2 is 2.12 bits per heavy atom. The van der Waals surface area contributed by atoms with Crippen LogP contribution in [0.25, 0.3) is 0 Å². The van der Waals surface area contributed by atoms with Crippen LogP contribution in [0.1, 0.15) is 23.5 Å². The van der Waals surface area contributed by atoms with Crippen molar-refractivity contribution >= 4 is 22.9 Å². The van der Waals surface area contributed by atoms with Crippen molar-refractivity contribution < 1.29 is 13.9 Å². The number of carbonyl (C=O) groups is 1. The molecular weight excluding hydrogens is 353 g/mol. The van der Waals surface area contributed by atoms with E-state index >= 15 is 0 Å². The van der Waals surface area contributed by atoms with Gasteiger partial charge in [0.2, 0.25) is 0 Å². The van der Waals surface area contributed by atoms with E-state index in [4.69, 9.17) is 4.74 Å². The van der Waals surface area contributed by atoms with Gasteiger partial charge in [-0.1, -0.05) is 0 Å². The Labute approximate surface area is 156 Å². The highest BCUT2D eigenvalue weighted by Gasteiger charge is 2.43. The van der Waals surface area contributed by atoms with E-state index in [1.165, 1.54) is 12.1 Å². The zero-order valence-corrected chi connectivity index (χ0v) is 15.6. The Hall–Kier alpha value is -1.83. The predicted molar refractivity (Wildman–Crippen MR) is 98.8 cm³/mol. The fourth-order valence-electron chi connectivity index (χ4n) is 3.81. The number of likely N-dealkylation sites (tertiary alicyclic amines) is 1. The van der Waals surface area contributed by atoms with Crippen LogP contribution in [0.2, 0.25) is 0 Å². The highest BCUT2D eigenvalue weighted by atomic mass is 32.1. The number of aryl methyl sites for hydroxylation is 1. The topological polar surface area (TPSA) is 45.7 Å². The zero-order valence-electron chi connectivity index (χ0n) is 14.8. The van der Waals surface area contributed by atoms with Crippen molar-refractivity contribution in [3.63, 3.8) is 0 Å². The van der Waals surface area contributed by atoms with E-state index < -0.39 is 0 Å². The number of nitrogens with zero attached hydrogens (tertiary/aromatic N) is 3. The number of rotatable bonds is 3. The minimum atomic E-state index is -0.368. The van der Waals surface area contributed by atoms with Crippen molar-refractivity contribution in [3.05, 3.63) is 46.2 Å². The second-order valence-electron chi connectivity index (χ2n) is 7.12. The molecule has 1 aromatic heterocycles. The van der Waals surface area contributed by atoms with Crippen LogP contribution in [0, 0.1) is 12.7 Å². The first-order valence-corrected chi connectivity index (χ1v) is 9.74. The smallest absolute Gasteiger partial charge is 0.253 e. The van der Waals surface area contributed by atoms with Gasteiger partial charge in [0.05, 0.1) is 18.7 Å². The maximum Gasteiger partial charge on any atom is 0.253 e. The fourth-order valence-corrected chi connectivity index (χ4v) is 4.62. The highest BCUT2D eigenvalue weighted by molar-refractivity contribution is 7.09. The van der Waals surface area contributed by atoms with Gasteiger partial charge in [0, 0.05) is 23.3 Å². The maximum absolute atomic E-state index is 13.2. The second kappa shape index (κ2) is 7.06. The third-order valence-electron chi connectivity index (χ3n) is 5.03. The lowest BCUT2D eigenvalue weighted by molar-refractivity contribution is -0.146. The molecule has 0 saturated carbocycles. The van der Waals surface area contributed by atoms with Gasteiger partial charge in [-0.05, 0) is 50.6 Å². The Morgan fingerprint density at radius 1 is 1.31 bits per heavy atom. The van der Waals surface area contributed by atoms with Crippen molar-refractivity contribution in [2.24, 2.45) is 0 Å². The zero-order chi connectivity index (χ0) is 18.1. The van der Waals surface area contributed by atoms with Crippen LogP contribution >= 0.6 is 11.3 Å². The van der Waals surface area contributed by atoms with E-state index in [-0.39, 0.29) is 23.9 Å². The number of benzene rings is 1. The van der Waals surface area contributed by atoms with Gasteiger partial charge in [-0.15, -0.1) is 11.3 Å². The van der Waals surface area contributed by atoms with Crippen molar-refractivity contribution in [2.45, 2.75) is 31.9 Å². The summed E-state index contributed by atoms with van der Waals surface area (Å²) in [5, 5.41) is 3.18. The van der Waals surface area contributed by atoms with E-state index in [0.29, 0.717) is 6.54 Å². The minimum absolute atomic E-state index is 0.0710. The van der Waals surface area contributed by atoms with Crippen LogP contribution in [-0.4, -0.2) is 47.6 Å². The molecule has 1 amide bonds. The summed E-state index contributed by atoms with van der Waals surface area (Å²) in [6, 6.07) is 6.10. The van der Waals surface area contributed by atoms with E-state index in [1.54, 1.807) is 28.4 Å². The number of ether oxygens (including phenoxy) is 1. The number of hydrogen-bond donors (Lipinski definition) is 0. The third-order valence-corrected chi connectivity index (χ3v) is 5.98. The Balaban J connectivity index is 1.49. The quantitative estimate of drug-likeness (QED) is 0.827. The van der Waals surface area contributed by atoms with Gasteiger partial charge >= 0.3 is 0 Å². The lowest BCUT2D eigenvalue weighted by atomic mass is 9.90. The van der Waals surface area contributed by atoms with Crippen molar-refractivity contribution in [1.82, 2.24) is 9.88 Å². The van der Waals surface area contributed by atoms with E-state index in [9.17, 15) is 9.18 Å². The number of aromatic nitrogens is 1. The second-order valence-corrected chi connectivity index (χ2v) is 8.07. The van der Waals surface area contributed by atoms with Crippen LogP contribution in [0.3, 0.4) is 0 Å². The third kappa shape index (κ3) is 3.65. The van der Waals surface area contributed by atoms with Crippen LogP contribution in [-0.2, 0) is 16.1 Å². The number of carbonyl (C=O) groups excluding carboxylic acids is 1. The van der Waals surface area contributed by atoms with E-state index in [1.807, 2.05) is 6.92 Å². The summed E-state index contributed by atoms with van der Waals surface area (Å²) < 4.78 is 19.3. The minimum Gasteiger partial charge on any atom is -0.362 e. The molecule has 2 aliphatic heterocycles. The molecule has 0 aliphatic carbocycles. The number of piperidine rings is 1. The van der Waals surface area contributed by atoms with Crippen LogP contribution in [0.5, 0.6) is 0 Å². The summed E-state index contributed by atoms with van der Waals surface area (Å²) in [7, 11) is 0. The summed E-state index contributed by atoms with van der Waals surface area (Å²) in [5.41, 5.74) is 1.41. The molecule has 3 heterocycles. The molecule has 1 aromatic carbocycles. The lowest BCUT2D eigenvalue weighted by Gasteiger charge is -2.47. The molecule has 2 fully saturated rings. The van der Waals surface area contributed by atoms with Gasteiger partial charge in [-0.3, -0.25) is 9.69 Å². The Morgan fingerprint density at radius 3 is 2.85 bits per heavy atom. The van der Waals surface area contributed by atoms with Gasteiger partial charge in [-0.2, -0.15) is 0 Å². The van der Waals surface area contributed by atoms with Crippen LogP contribution in [0.15, 0.2) is 29.6 Å². The van der Waals surface area contributed by atoms with Gasteiger partial charge in [0.1, 0.15) is 17.4 Å². The molecular formula is C19H22FN3O2S. The molecule has 138 valence electrons. The number of thiazole rings is 1. The Bertz CT molecular complexity index is 794. The van der Waals surface area contributed by atoms with Gasteiger partial charge in [0.15, 0.2) is 0 Å². The molecule has 4 rings (SSSR count). The predicted octanol–water partition coefficient (Wildman–Crippen LogP) is 2.99. The molecule has 1 atom stereocenters. The van der Waals surface area contributed by atoms with Crippen molar-refractivity contribution in [3.8, 4) is 0 Å². The summed E-state index contributed by atoms with van der Waals surface area (Å²) in [5.74, 6) is -0.373. The number of morpholine rings is 1. The normalized spacial score (nSPS) is 24.4. The average molecular weight is 375 g/mol. The first kappa shape index (κ1) is 17.6. The molecule has 0 radical (unpaired) electrons. The van der Waals surface area contributed by atoms with E-state index in [0.717, 1.165) is 48.9 Å². The highest BCUT2D eigenvalue weighted by Crippen LogP contribution is 2.32. The Kier molecular flexibility index (Phi) is 4.77. The van der Waals surface area contributed by atoms with Crippen LogP contribution in [0.4, 0.5) is 10.1 Å². The lowest BCUT2D eigenvalue weighted by Crippen LogP contribution is -2.61. The molecule has 5 nitrogen and oxygen atoms in total. The largest absolute Gasteiger partial charge is 0.362 e. The van der Waals surface area contributed by atoms with Crippen LogP contribution < -0.4 is 4.90 Å². The van der Waals surface area contributed by atoms with Crippen molar-refractivity contribution in [2.75, 3.05) is 31.1 Å². The number of hydrogen-bond acceptors (Lipinski definition) is 5. The van der Waals surface area contributed by atoms with Gasteiger partial charge < -0.3 is 9.64 Å². The molecule has 2 saturated heterocycles. The molecule has 26 heavy (non-hydrogen) atoms.